The fourth-order valence-corrected chi connectivity index (χ4v) is 6.52. The number of amidine groups is 1. The number of allylic oxidation sites excluding steroid dienone is 1. The number of fused-ring (bicyclic) bond motifs is 2. The smallest absolute Gasteiger partial charge is 0.325 e. The zero-order valence-corrected chi connectivity index (χ0v) is 25.9. The minimum Gasteiger partial charge on any atom is -0.325 e. The van der Waals surface area contributed by atoms with Crippen molar-refractivity contribution in [2.75, 3.05) is 24.3 Å². The van der Waals surface area contributed by atoms with Crippen LogP contribution in [-0.4, -0.2) is 56.8 Å². The number of nitrogens with zero attached hydrogens (tertiary/aromatic N) is 5. The molecule has 1 fully saturated rings. The first-order valence-corrected chi connectivity index (χ1v) is 16.3. The molecule has 0 aliphatic carbocycles. The van der Waals surface area contributed by atoms with Gasteiger partial charge < -0.3 is 5.32 Å². The number of alkyl halides is 1. The van der Waals surface area contributed by atoms with Crippen LogP contribution in [0, 0.1) is 0 Å². The number of carbonyl (C=O) groups is 1. The number of rotatable bonds is 9. The molecule has 221 valence electrons. The van der Waals surface area contributed by atoms with Gasteiger partial charge in [-0.15, -0.1) is 16.3 Å². The minimum atomic E-state index is -0.216. The van der Waals surface area contributed by atoms with Crippen LogP contribution >= 0.6 is 11.6 Å². The van der Waals surface area contributed by atoms with Crippen molar-refractivity contribution in [1.29, 1.82) is 0 Å². The third-order valence-electron chi connectivity index (χ3n) is 8.81. The maximum Gasteiger partial charge on any atom is 0.701 e. The molecule has 1 radical (unpaired) electrons. The van der Waals surface area contributed by atoms with Crippen LogP contribution in [-0.2, 0) is 11.2 Å². The highest BCUT2D eigenvalue weighted by atomic mass is 35.5. The number of carbonyl (C=O) groups excluding carboxylic acids is 1. The molecule has 7 rings (SSSR count). The fourth-order valence-electron chi connectivity index (χ4n) is 6.45. The van der Waals surface area contributed by atoms with Crippen molar-refractivity contribution in [3.8, 4) is 0 Å². The average Bonchev–Trinajstić information content (AvgIpc) is 3.65. The van der Waals surface area contributed by atoms with E-state index in [1.165, 1.54) is 49.9 Å². The van der Waals surface area contributed by atoms with Crippen molar-refractivity contribution in [1.82, 2.24) is 9.29 Å². The number of aryl methyl sites for hydroxylation is 1. The third-order valence-corrected chi connectivity index (χ3v) is 9.05. The molecule has 1 aromatic heterocycles. The number of azo groups is 2. The molecular formula is C35H37BClN6O+2. The Bertz CT molecular complexity index is 1740. The molecule has 1 saturated heterocycles. The van der Waals surface area contributed by atoms with Crippen molar-refractivity contribution in [3.63, 3.8) is 0 Å². The van der Waals surface area contributed by atoms with Gasteiger partial charge >= 0.3 is 7.55 Å². The van der Waals surface area contributed by atoms with Crippen LogP contribution in [0.4, 0.5) is 11.5 Å². The highest BCUT2D eigenvalue weighted by Gasteiger charge is 2.45. The van der Waals surface area contributed by atoms with Crippen molar-refractivity contribution in [3.05, 3.63) is 107 Å². The van der Waals surface area contributed by atoms with Crippen LogP contribution in [0.2, 0.25) is 0 Å². The molecule has 0 atom stereocenters. The number of hydrogen-bond acceptors (Lipinski definition) is 2. The van der Waals surface area contributed by atoms with E-state index in [2.05, 4.69) is 101 Å². The second-order valence-electron chi connectivity index (χ2n) is 11.8. The number of benzene rings is 2. The van der Waals surface area contributed by atoms with E-state index in [9.17, 15) is 4.79 Å². The molecule has 0 unspecified atom stereocenters. The predicted molar refractivity (Wildman–Crippen MR) is 177 cm³/mol. The van der Waals surface area contributed by atoms with Crippen LogP contribution in [0.5, 0.6) is 0 Å². The molecule has 5 heterocycles. The lowest BCUT2D eigenvalue weighted by Crippen LogP contribution is -2.43. The van der Waals surface area contributed by atoms with Gasteiger partial charge in [0, 0.05) is 23.4 Å². The van der Waals surface area contributed by atoms with E-state index >= 15 is 0 Å². The zero-order valence-electron chi connectivity index (χ0n) is 25.2. The lowest BCUT2D eigenvalue weighted by atomic mass is 9.91. The molecule has 2 aromatic carbocycles. The number of hydrogen-bond donors (Lipinski definition) is 1. The van der Waals surface area contributed by atoms with Gasteiger partial charge in [-0.05, 0) is 67.5 Å². The lowest BCUT2D eigenvalue weighted by Gasteiger charge is -2.24. The monoisotopic (exact) mass is 603 g/mol. The summed E-state index contributed by atoms with van der Waals surface area (Å²) >= 11 is 5.70. The first kappa shape index (κ1) is 28.6. The van der Waals surface area contributed by atoms with E-state index in [-0.39, 0.29) is 11.8 Å². The Morgan fingerprint density at radius 2 is 1.70 bits per heavy atom. The summed E-state index contributed by atoms with van der Waals surface area (Å²) in [6, 6.07) is 21.2. The zero-order chi connectivity index (χ0) is 30.0. The number of amides is 1. The Morgan fingerprint density at radius 1 is 0.955 bits per heavy atom. The highest BCUT2D eigenvalue weighted by Crippen LogP contribution is 2.40. The summed E-state index contributed by atoms with van der Waals surface area (Å²) in [4.78, 5) is 14.2. The maximum absolute atomic E-state index is 11.8. The normalized spacial score (nSPS) is 17.1. The summed E-state index contributed by atoms with van der Waals surface area (Å²) < 4.78 is 6.71. The summed E-state index contributed by atoms with van der Waals surface area (Å²) in [5, 5.41) is 7.77. The van der Waals surface area contributed by atoms with Crippen molar-refractivity contribution in [2.45, 2.75) is 51.9 Å². The summed E-state index contributed by atoms with van der Waals surface area (Å²) in [5.41, 5.74) is 8.72. The van der Waals surface area contributed by atoms with Gasteiger partial charge in [-0.3, -0.25) is 9.37 Å². The van der Waals surface area contributed by atoms with Gasteiger partial charge in [-0.25, -0.2) is 9.29 Å². The first-order chi connectivity index (χ1) is 21.6. The van der Waals surface area contributed by atoms with E-state index in [0.717, 1.165) is 64.8 Å². The molecule has 3 aromatic rings. The number of unbranched alkanes of at least 4 members (excludes halogenated alkanes) is 2. The Balaban J connectivity index is 1.20. The largest absolute Gasteiger partial charge is 0.701 e. The molecule has 7 nitrogen and oxygen atoms in total. The number of anilines is 1. The van der Waals surface area contributed by atoms with Gasteiger partial charge in [-0.2, -0.15) is 0 Å². The van der Waals surface area contributed by atoms with Crippen LogP contribution in [0.25, 0.3) is 11.3 Å². The van der Waals surface area contributed by atoms with Gasteiger partial charge in [-0.1, -0.05) is 61.3 Å². The van der Waals surface area contributed by atoms with Crippen LogP contribution in [0.1, 0.15) is 67.8 Å². The summed E-state index contributed by atoms with van der Waals surface area (Å²) in [6.07, 6.45) is 15.2. The molecule has 1 N–H and O–H groups in total. The van der Waals surface area contributed by atoms with E-state index in [4.69, 9.17) is 16.7 Å². The summed E-state index contributed by atoms with van der Waals surface area (Å²) in [6.45, 7) is 4.38. The van der Waals surface area contributed by atoms with Gasteiger partial charge in [0.2, 0.25) is 5.91 Å². The number of aromatic nitrogens is 1. The average molecular weight is 604 g/mol. The van der Waals surface area contributed by atoms with E-state index in [1.807, 2.05) is 16.8 Å². The quantitative estimate of drug-likeness (QED) is 0.122. The van der Waals surface area contributed by atoms with Crippen molar-refractivity contribution >= 4 is 53.7 Å². The summed E-state index contributed by atoms with van der Waals surface area (Å²) in [7, 11) is 2.20. The van der Waals surface area contributed by atoms with Gasteiger partial charge in [0.15, 0.2) is 11.9 Å². The maximum atomic E-state index is 11.8. The van der Waals surface area contributed by atoms with E-state index in [0.29, 0.717) is 0 Å². The van der Waals surface area contributed by atoms with Gasteiger partial charge in [0.05, 0.1) is 18.7 Å². The number of nitrogens with one attached hydrogen (secondary N) is 1. The van der Waals surface area contributed by atoms with Crippen molar-refractivity contribution in [2.24, 2.45) is 5.11 Å². The Morgan fingerprint density at radius 3 is 2.43 bits per heavy atom. The molecule has 4 aliphatic rings. The van der Waals surface area contributed by atoms with Crippen LogP contribution in [0.15, 0.2) is 89.8 Å². The Labute approximate surface area is 264 Å². The summed E-state index contributed by atoms with van der Waals surface area (Å²) in [5.74, 6) is 1.92. The number of halogens is 1. The van der Waals surface area contributed by atoms with E-state index in [1.54, 1.807) is 0 Å². The molecule has 9 heteroatoms. The molecule has 44 heavy (non-hydrogen) atoms. The van der Waals surface area contributed by atoms with Crippen LogP contribution < -0.4 is 5.32 Å². The SMILES string of the molecule is CCCCCc1ccc(C2=C[N+](c3ccc4n3[B]N3C(=C4c4ccc(NC(=O)CCl)cc4)C=CC3=[N+]3CCCCC3)=N2)cc1. The first-order valence-electron chi connectivity index (χ1n) is 15.8. The topological polar surface area (TPSA) is 55.6 Å². The predicted octanol–water partition coefficient (Wildman–Crippen LogP) is 7.13. The standard InChI is InChI=1S/C35H36BClN6O/c1-2-3-5-8-25-9-11-26(12-10-25)29-24-41(39-29)34-20-18-31-35(27-13-15-28(16-14-27)38-32(44)23-37)30-17-19-33(42(30)36-43(31)34)40-21-6-4-7-22-40/h9-20,24H,2-8,21-23H2,1H3/q+1/p+1. The lowest BCUT2D eigenvalue weighted by molar-refractivity contribution is -0.539. The van der Waals surface area contributed by atoms with Crippen LogP contribution in [0.3, 0.4) is 0 Å². The number of piperidine rings is 1. The molecule has 0 saturated carbocycles. The third kappa shape index (κ3) is 5.47. The van der Waals surface area contributed by atoms with E-state index < -0.39 is 0 Å². The van der Waals surface area contributed by atoms with Gasteiger partial charge in [0.1, 0.15) is 17.3 Å². The molecule has 0 spiro atoms. The Kier molecular flexibility index (Phi) is 8.09. The second kappa shape index (κ2) is 12.4. The molecule has 0 bridgehead atoms. The molecular weight excluding hydrogens is 567 g/mol. The van der Waals surface area contributed by atoms with Gasteiger partial charge in [0.25, 0.3) is 11.7 Å². The second-order valence-corrected chi connectivity index (χ2v) is 12.1. The minimum absolute atomic E-state index is 0.0693. The Hall–Kier alpha value is -4.17. The molecule has 1 amide bonds. The highest BCUT2D eigenvalue weighted by molar-refractivity contribution is 6.41. The van der Waals surface area contributed by atoms with Crippen molar-refractivity contribution < 1.29 is 14.1 Å². The fraction of sp³-hybridized carbons (Fsp3) is 0.314. The molecule has 4 aliphatic heterocycles.